The van der Waals surface area contributed by atoms with E-state index in [0.29, 0.717) is 0 Å². The van der Waals surface area contributed by atoms with Crippen molar-refractivity contribution in [2.24, 2.45) is 0 Å². The van der Waals surface area contributed by atoms with E-state index < -0.39 is 0 Å². The Morgan fingerprint density at radius 3 is 1.29 bits per heavy atom. The van der Waals surface area contributed by atoms with Crippen molar-refractivity contribution in [2.75, 3.05) is 0 Å². The molecule has 0 amide bonds. The standard InChI is InChI=1S/2C6H5.Na.Sb.H/c2*1-2-4-6-5-3-1;;;/h2*1-5H;;;. The van der Waals surface area contributed by atoms with E-state index in [1.165, 1.54) is 7.02 Å². The summed E-state index contributed by atoms with van der Waals surface area (Å²) in [6, 6.07) is 21.5. The average Bonchev–Trinajstić information content (AvgIpc) is 2.21. The van der Waals surface area contributed by atoms with Crippen molar-refractivity contribution in [3.8, 4) is 0 Å². The summed E-state index contributed by atoms with van der Waals surface area (Å²) in [4.78, 5) is 0. The van der Waals surface area contributed by atoms with Gasteiger partial charge in [0.2, 0.25) is 0 Å². The molecule has 0 aromatic heterocycles. The van der Waals surface area contributed by atoms with Crippen LogP contribution in [0.5, 0.6) is 0 Å². The Morgan fingerprint density at radius 2 is 0.929 bits per heavy atom. The Balaban J connectivity index is 0.000000980. The van der Waals surface area contributed by atoms with Gasteiger partial charge in [-0.15, -0.1) is 0 Å². The van der Waals surface area contributed by atoms with Crippen LogP contribution in [0.3, 0.4) is 0 Å². The molecule has 2 aromatic rings. The molecule has 2 rings (SSSR count). The molecule has 0 aliphatic rings. The predicted molar refractivity (Wildman–Crippen MR) is 65.1 cm³/mol. The van der Waals surface area contributed by atoms with Gasteiger partial charge in [-0.1, -0.05) is 0 Å². The molecule has 0 heterocycles. The van der Waals surface area contributed by atoms with Crippen LogP contribution in [0.25, 0.3) is 0 Å². The van der Waals surface area contributed by atoms with Crippen LogP contribution < -0.4 is 7.02 Å². The van der Waals surface area contributed by atoms with E-state index in [1.807, 2.05) is 0 Å². The molecule has 0 fully saturated rings. The van der Waals surface area contributed by atoms with Gasteiger partial charge in [-0.3, -0.25) is 0 Å². The molecule has 0 saturated heterocycles. The second-order valence-corrected chi connectivity index (χ2v) is 6.37. The third-order valence-electron chi connectivity index (χ3n) is 1.77. The van der Waals surface area contributed by atoms with E-state index in [-0.39, 0.29) is 51.2 Å². The van der Waals surface area contributed by atoms with E-state index in [9.17, 15) is 0 Å². The number of rotatable bonds is 2. The summed E-state index contributed by atoms with van der Waals surface area (Å²) in [6.07, 6.45) is 0. The van der Waals surface area contributed by atoms with Crippen LogP contribution in [-0.2, 0) is 0 Å². The topological polar surface area (TPSA) is 0 Å². The summed E-state index contributed by atoms with van der Waals surface area (Å²) in [5.41, 5.74) is 0. The van der Waals surface area contributed by atoms with Gasteiger partial charge in [-0.2, -0.15) is 0 Å². The first kappa shape index (κ1) is 12.3. The van der Waals surface area contributed by atoms with Gasteiger partial charge in [0, 0.05) is 0 Å². The third kappa shape index (κ3) is 3.79. The normalized spacial score (nSPS) is 9.14. The molecule has 0 atom stereocenters. The van der Waals surface area contributed by atoms with Crippen LogP contribution in [0.2, 0.25) is 0 Å². The van der Waals surface area contributed by atoms with Gasteiger partial charge < -0.3 is 0 Å². The number of benzene rings is 2. The summed E-state index contributed by atoms with van der Waals surface area (Å²) in [6.45, 7) is 0. The van der Waals surface area contributed by atoms with Crippen molar-refractivity contribution in [2.45, 2.75) is 0 Å². The van der Waals surface area contributed by atoms with Crippen molar-refractivity contribution in [3.05, 3.63) is 60.7 Å². The van der Waals surface area contributed by atoms with Gasteiger partial charge in [0.1, 0.15) is 0 Å². The second kappa shape index (κ2) is 6.69. The summed E-state index contributed by atoms with van der Waals surface area (Å²) in [7, 11) is 0. The molecule has 0 unspecified atom stereocenters. The van der Waals surface area contributed by atoms with Crippen molar-refractivity contribution in [3.63, 3.8) is 0 Å². The summed E-state index contributed by atoms with van der Waals surface area (Å²) in [5, 5.41) is 0. The Hall–Kier alpha value is 0.258. The Labute approximate surface area is 118 Å². The molecular weight excluding hydrogens is 289 g/mol. The second-order valence-electron chi connectivity index (χ2n) is 2.78. The molecule has 0 spiro atoms. The fraction of sp³-hybridized carbons (Fsp3) is 0. The van der Waals surface area contributed by atoms with Crippen LogP contribution >= 0.6 is 0 Å². The fourth-order valence-electron chi connectivity index (χ4n) is 1.15. The molecule has 0 N–H and O–H groups in total. The maximum atomic E-state index is 2.23. The Bertz CT molecular complexity index is 321. The minimum atomic E-state index is -0.335. The zero-order valence-electron chi connectivity index (χ0n) is 7.22. The molecule has 0 bridgehead atoms. The molecule has 14 heavy (non-hydrogen) atoms. The van der Waals surface area contributed by atoms with Gasteiger partial charge in [0.15, 0.2) is 0 Å². The zero-order chi connectivity index (χ0) is 8.93. The van der Waals surface area contributed by atoms with Gasteiger partial charge >= 0.3 is 119 Å². The minimum absolute atomic E-state index is 0. The van der Waals surface area contributed by atoms with Crippen LogP contribution in [-0.4, -0.2) is 51.2 Å². The SMILES string of the molecule is [NaH].c1cc[c]([Sb][c]2ccccc2)cc1. The predicted octanol–water partition coefficient (Wildman–Crippen LogP) is 0.693. The van der Waals surface area contributed by atoms with E-state index in [1.54, 1.807) is 0 Å². The van der Waals surface area contributed by atoms with Gasteiger partial charge in [-0.05, 0) is 0 Å². The van der Waals surface area contributed by atoms with Crippen LogP contribution in [0.15, 0.2) is 60.7 Å². The van der Waals surface area contributed by atoms with E-state index in [4.69, 9.17) is 0 Å². The molecule has 2 aromatic carbocycles. The maximum absolute atomic E-state index is 2.23. The third-order valence-corrected chi connectivity index (χ3v) is 4.95. The van der Waals surface area contributed by atoms with Gasteiger partial charge in [0.05, 0.1) is 0 Å². The summed E-state index contributed by atoms with van der Waals surface area (Å²) < 4.78 is 3.04. The van der Waals surface area contributed by atoms with Crippen molar-refractivity contribution >= 4 is 58.2 Å². The first-order valence-corrected chi connectivity index (χ1v) is 6.82. The first-order chi connectivity index (χ1) is 6.45. The van der Waals surface area contributed by atoms with E-state index in [0.717, 1.165) is 0 Å². The molecule has 1 radical (unpaired) electrons. The van der Waals surface area contributed by atoms with Crippen LogP contribution in [0, 0.1) is 0 Å². The zero-order valence-corrected chi connectivity index (χ0v) is 9.77. The monoisotopic (exact) mass is 299 g/mol. The molecule has 0 aliphatic heterocycles. The van der Waals surface area contributed by atoms with Gasteiger partial charge in [-0.25, -0.2) is 0 Å². The van der Waals surface area contributed by atoms with Crippen molar-refractivity contribution in [1.82, 2.24) is 0 Å². The van der Waals surface area contributed by atoms with Crippen molar-refractivity contribution < 1.29 is 0 Å². The van der Waals surface area contributed by atoms with E-state index in [2.05, 4.69) is 60.7 Å². The van der Waals surface area contributed by atoms with Crippen molar-refractivity contribution in [1.29, 1.82) is 0 Å². The Kier molecular flexibility index (Phi) is 5.89. The van der Waals surface area contributed by atoms with Crippen LogP contribution in [0.4, 0.5) is 0 Å². The van der Waals surface area contributed by atoms with Gasteiger partial charge in [0.25, 0.3) is 0 Å². The molecule has 0 saturated carbocycles. The Morgan fingerprint density at radius 1 is 0.571 bits per heavy atom. The summed E-state index contributed by atoms with van der Waals surface area (Å²) >= 11 is -0.335. The number of hydrogen-bond acceptors (Lipinski definition) is 0. The first-order valence-electron chi connectivity index (χ1n) is 4.27. The average molecular weight is 300 g/mol. The molecule has 65 valence electrons. The molecule has 2 heteroatoms. The molecule has 0 nitrogen and oxygen atoms in total. The fourth-order valence-corrected chi connectivity index (χ4v) is 3.84. The molecular formula is C12H11NaSb. The van der Waals surface area contributed by atoms with E-state index >= 15 is 0 Å². The van der Waals surface area contributed by atoms with Crippen LogP contribution in [0.1, 0.15) is 0 Å². The number of hydrogen-bond donors (Lipinski definition) is 0. The quantitative estimate of drug-likeness (QED) is 0.716. The molecule has 0 aliphatic carbocycles. The summed E-state index contributed by atoms with van der Waals surface area (Å²) in [5.74, 6) is 0.